The summed E-state index contributed by atoms with van der Waals surface area (Å²) in [4.78, 5) is 73.6. The van der Waals surface area contributed by atoms with Gasteiger partial charge in [0.15, 0.2) is 0 Å². The van der Waals surface area contributed by atoms with Crippen molar-refractivity contribution in [1.29, 1.82) is 0 Å². The van der Waals surface area contributed by atoms with Gasteiger partial charge in [0, 0.05) is 12.5 Å². The molecule has 2 aromatic rings. The van der Waals surface area contributed by atoms with E-state index in [1.54, 1.807) is 37.3 Å². The van der Waals surface area contributed by atoms with Gasteiger partial charge in [-0.05, 0) is 43.5 Å². The number of hydrogen-bond acceptors (Lipinski definition) is 14. The Morgan fingerprint density at radius 1 is 0.592 bits per heavy atom. The predicted molar refractivity (Wildman–Crippen MR) is 278 cm³/mol. The van der Waals surface area contributed by atoms with E-state index >= 15 is 0 Å². The molecule has 1 aliphatic heterocycles. The number of halogens is 1. The maximum absolute atomic E-state index is 13.3. The number of carbonyl (C=O) groups excluding carboxylic acids is 6. The standard InChI is InChI=1S/C56H75IO14/c1-3-52(59)66-37-15-11-7-5-9-13-35-64-46-21-25-48(26-22-46)69-54(61)43-19-17-42(18-20-43)41-68-50-29-30-51(45(39-50)40-58)71-56(63)57-33-31-44(32-34-57)55(62)70-49-27-23-47(24-28-49)65-36-14-10-6-8-12-16-38-67-53(60)4-2/h3,21-23,25-27,29-30,39-40,42-44H,1,4-20,24,28,31-38,41H2,2H3. The second-order valence-corrected chi connectivity index (χ2v) is 23.9. The van der Waals surface area contributed by atoms with Crippen LogP contribution in [0.4, 0.5) is 4.79 Å². The SMILES string of the molecule is C=CC(=O)OCCCCCCCCOc1ccc(OC(=O)C2CCC(COc3ccc(OC(=O)I4CCC(C(=O)OC5=CC=C(OCCCCCCCCOC(=O)CC)CC5)CC4)c(C=O)c3)CC2)cc1. The van der Waals surface area contributed by atoms with Gasteiger partial charge in [-0.2, -0.15) is 0 Å². The average molecular weight is 1100 g/mol. The van der Waals surface area contributed by atoms with Crippen molar-refractivity contribution in [2.24, 2.45) is 17.8 Å². The molecule has 15 heteroatoms. The average Bonchev–Trinajstić information content (AvgIpc) is 3.40. The van der Waals surface area contributed by atoms with Crippen LogP contribution in [0.25, 0.3) is 0 Å². The molecule has 0 aromatic heterocycles. The van der Waals surface area contributed by atoms with Crippen molar-refractivity contribution in [1.82, 2.24) is 0 Å². The monoisotopic (exact) mass is 1100 g/mol. The molecule has 1 saturated heterocycles. The molecule has 71 heavy (non-hydrogen) atoms. The Morgan fingerprint density at radius 2 is 1.14 bits per heavy atom. The summed E-state index contributed by atoms with van der Waals surface area (Å²) in [6.45, 7) is 7.82. The molecule has 0 spiro atoms. The third kappa shape index (κ3) is 21.6. The van der Waals surface area contributed by atoms with Crippen LogP contribution in [0.2, 0.25) is 0 Å². The Balaban J connectivity index is 0.904. The van der Waals surface area contributed by atoms with Gasteiger partial charge in [0.1, 0.15) is 11.5 Å². The van der Waals surface area contributed by atoms with Gasteiger partial charge >= 0.3 is 244 Å². The van der Waals surface area contributed by atoms with E-state index in [1.807, 2.05) is 24.3 Å². The van der Waals surface area contributed by atoms with E-state index in [1.165, 1.54) is 6.08 Å². The van der Waals surface area contributed by atoms with E-state index in [2.05, 4.69) is 6.58 Å². The number of aldehydes is 1. The summed E-state index contributed by atoms with van der Waals surface area (Å²) in [5.41, 5.74) is 0.237. The molecule has 390 valence electrons. The molecule has 0 atom stereocenters. The summed E-state index contributed by atoms with van der Waals surface area (Å²) in [7, 11) is 0. The van der Waals surface area contributed by atoms with Gasteiger partial charge < -0.3 is 18.9 Å². The molecule has 1 heterocycles. The quantitative estimate of drug-likeness (QED) is 0.00778. The maximum Gasteiger partial charge on any atom is -0.0155 e. The summed E-state index contributed by atoms with van der Waals surface area (Å²) in [5, 5.41) is 0. The van der Waals surface area contributed by atoms with Crippen LogP contribution in [0.1, 0.15) is 152 Å². The maximum atomic E-state index is 13.3. The van der Waals surface area contributed by atoms with Crippen LogP contribution < -0.4 is 18.9 Å². The van der Waals surface area contributed by atoms with E-state index in [0.29, 0.717) is 110 Å². The Bertz CT molecular complexity index is 2060. The summed E-state index contributed by atoms with van der Waals surface area (Å²) < 4.78 is 46.2. The molecule has 0 radical (unpaired) electrons. The van der Waals surface area contributed by atoms with Crippen molar-refractivity contribution in [2.45, 2.75) is 142 Å². The zero-order valence-electron chi connectivity index (χ0n) is 41.7. The second-order valence-electron chi connectivity index (χ2n) is 18.3. The molecule has 0 N–H and O–H groups in total. The first kappa shape index (κ1) is 56.7. The molecule has 3 aliphatic rings. The van der Waals surface area contributed by atoms with E-state index in [0.717, 1.165) is 101 Å². The second kappa shape index (κ2) is 32.7. The first-order chi connectivity index (χ1) is 34.6. The fourth-order valence-electron chi connectivity index (χ4n) is 8.43. The number of hydrogen-bond donors (Lipinski definition) is 0. The largest absolute Gasteiger partial charge is 0.0163 e. The van der Waals surface area contributed by atoms with Crippen LogP contribution in [-0.2, 0) is 38.1 Å². The van der Waals surface area contributed by atoms with Crippen molar-refractivity contribution >= 4 is 54.0 Å². The Labute approximate surface area is 427 Å². The zero-order chi connectivity index (χ0) is 50.5. The van der Waals surface area contributed by atoms with Crippen LogP contribution in [0.15, 0.2) is 78.8 Å². The van der Waals surface area contributed by atoms with Crippen LogP contribution in [0.5, 0.6) is 23.0 Å². The summed E-state index contributed by atoms with van der Waals surface area (Å²) >= 11 is -2.21. The van der Waals surface area contributed by atoms with Gasteiger partial charge in [-0.1, -0.05) is 64.9 Å². The van der Waals surface area contributed by atoms with E-state index in [9.17, 15) is 28.8 Å². The molecule has 1 saturated carbocycles. The van der Waals surface area contributed by atoms with Crippen LogP contribution in [0.3, 0.4) is 0 Å². The van der Waals surface area contributed by atoms with Gasteiger partial charge in [0.05, 0.1) is 19.8 Å². The number of carbonyl (C=O) groups is 6. The minimum Gasteiger partial charge on any atom is -0.0163 e. The molecule has 2 aromatic carbocycles. The van der Waals surface area contributed by atoms with Crippen molar-refractivity contribution in [3.05, 3.63) is 84.4 Å². The van der Waals surface area contributed by atoms with Gasteiger partial charge in [-0.3, -0.25) is 9.59 Å². The molecule has 14 nitrogen and oxygen atoms in total. The van der Waals surface area contributed by atoms with Gasteiger partial charge in [-0.25, -0.2) is 4.79 Å². The molecular weight excluding hydrogens is 1020 g/mol. The number of esters is 4. The van der Waals surface area contributed by atoms with Gasteiger partial charge in [0.2, 0.25) is 0 Å². The normalized spacial score (nSPS) is 17.4. The minimum absolute atomic E-state index is 0.140. The smallest absolute Gasteiger partial charge is 0.0155 e. The molecule has 0 bridgehead atoms. The molecule has 2 fully saturated rings. The third-order valence-corrected chi connectivity index (χ3v) is 18.1. The Kier molecular flexibility index (Phi) is 26.1. The van der Waals surface area contributed by atoms with Crippen LogP contribution >= 0.6 is 19.8 Å². The molecule has 2 aliphatic carbocycles. The fourth-order valence-corrected chi connectivity index (χ4v) is 13.4. The molecule has 0 amide bonds. The summed E-state index contributed by atoms with van der Waals surface area (Å²) in [5.74, 6) is 2.23. The van der Waals surface area contributed by atoms with Crippen LogP contribution in [0, 0.1) is 17.8 Å². The third-order valence-electron chi connectivity index (χ3n) is 12.8. The molecular formula is C56H75IO14. The Hall–Kier alpha value is -5.19. The number of allylic oxidation sites excluding steroid dienone is 4. The minimum atomic E-state index is -2.21. The molecule has 0 unspecified atom stereocenters. The first-order valence-corrected chi connectivity index (χ1v) is 30.0. The zero-order valence-corrected chi connectivity index (χ0v) is 43.8. The van der Waals surface area contributed by atoms with Gasteiger partial charge in [0.25, 0.3) is 0 Å². The summed E-state index contributed by atoms with van der Waals surface area (Å²) in [6.07, 6.45) is 23.7. The van der Waals surface area contributed by atoms with Crippen molar-refractivity contribution in [3.63, 3.8) is 0 Å². The number of alkyl halides is 2. The van der Waals surface area contributed by atoms with Crippen molar-refractivity contribution in [2.75, 3.05) is 41.9 Å². The molecule has 5 rings (SSSR count). The number of rotatable bonds is 32. The summed E-state index contributed by atoms with van der Waals surface area (Å²) in [6, 6.07) is 12.0. The first-order valence-electron chi connectivity index (χ1n) is 25.8. The number of unbranched alkanes of at least 4 members (excludes halogenated alkanes) is 10. The van der Waals surface area contributed by atoms with E-state index in [4.69, 9.17) is 37.9 Å². The van der Waals surface area contributed by atoms with Gasteiger partial charge in [-0.15, -0.1) is 0 Å². The van der Waals surface area contributed by atoms with E-state index < -0.39 is 19.8 Å². The number of benzene rings is 2. The fraction of sp³-hybridized carbons (Fsp3) is 0.571. The van der Waals surface area contributed by atoms with Crippen LogP contribution in [-0.4, -0.2) is 76.0 Å². The van der Waals surface area contributed by atoms with Crippen molar-refractivity contribution in [3.8, 4) is 23.0 Å². The number of ether oxygens (including phenoxy) is 8. The van der Waals surface area contributed by atoms with Crippen molar-refractivity contribution < 1.29 is 66.7 Å². The topological polar surface area (TPSA) is 176 Å². The van der Waals surface area contributed by atoms with E-state index in [-0.39, 0.29) is 56.9 Å². The Morgan fingerprint density at radius 3 is 1.76 bits per heavy atom. The predicted octanol–water partition coefficient (Wildman–Crippen LogP) is 12.6.